The van der Waals surface area contributed by atoms with Gasteiger partial charge in [0.05, 0.1) is 12.2 Å². The molecule has 100 valence electrons. The molecule has 18 heavy (non-hydrogen) atoms. The summed E-state index contributed by atoms with van der Waals surface area (Å²) in [5.41, 5.74) is 1.44. The van der Waals surface area contributed by atoms with E-state index >= 15 is 0 Å². The highest BCUT2D eigenvalue weighted by Gasteiger charge is 2.23. The summed E-state index contributed by atoms with van der Waals surface area (Å²) in [4.78, 5) is 2.55. The minimum Gasteiger partial charge on any atom is -0.373 e. The predicted octanol–water partition coefficient (Wildman–Crippen LogP) is 2.97. The highest BCUT2D eigenvalue weighted by atomic mass is 16.5. The number of ether oxygens (including phenoxy) is 1. The van der Waals surface area contributed by atoms with Crippen molar-refractivity contribution < 1.29 is 4.74 Å². The van der Waals surface area contributed by atoms with E-state index in [0.717, 1.165) is 13.1 Å². The molecule has 0 saturated carbocycles. The maximum atomic E-state index is 5.77. The summed E-state index contributed by atoms with van der Waals surface area (Å²) in [6.45, 7) is 10.0. The van der Waals surface area contributed by atoms with Gasteiger partial charge in [-0.15, -0.1) is 0 Å². The molecular formula is C16H25NO. The normalized spacial score (nSPS) is 27.1. The van der Waals surface area contributed by atoms with Gasteiger partial charge in [0.15, 0.2) is 0 Å². The fraction of sp³-hybridized carbons (Fsp3) is 0.625. The van der Waals surface area contributed by atoms with Gasteiger partial charge in [-0.3, -0.25) is 4.90 Å². The van der Waals surface area contributed by atoms with E-state index in [1.807, 2.05) is 0 Å². The lowest BCUT2D eigenvalue weighted by Gasteiger charge is -2.36. The van der Waals surface area contributed by atoms with Gasteiger partial charge in [0.1, 0.15) is 0 Å². The van der Waals surface area contributed by atoms with Crippen molar-refractivity contribution in [1.82, 2.24) is 4.90 Å². The van der Waals surface area contributed by atoms with Crippen molar-refractivity contribution in [3.8, 4) is 0 Å². The molecule has 1 aliphatic rings. The smallest absolute Gasteiger partial charge is 0.0678 e. The summed E-state index contributed by atoms with van der Waals surface area (Å²) in [6, 6.07) is 10.8. The minimum absolute atomic E-state index is 0.373. The molecule has 1 aromatic rings. The lowest BCUT2D eigenvalue weighted by atomic mass is 10.00. The molecule has 1 heterocycles. The Kier molecular flexibility index (Phi) is 4.79. The third-order valence-electron chi connectivity index (χ3n) is 3.49. The van der Waals surface area contributed by atoms with E-state index in [9.17, 15) is 0 Å². The third-order valence-corrected chi connectivity index (χ3v) is 3.49. The van der Waals surface area contributed by atoms with Gasteiger partial charge in [-0.2, -0.15) is 0 Å². The molecule has 1 saturated heterocycles. The lowest BCUT2D eigenvalue weighted by Crippen LogP contribution is -2.47. The molecule has 2 nitrogen and oxygen atoms in total. The number of hydrogen-bond donors (Lipinski definition) is 0. The van der Waals surface area contributed by atoms with E-state index < -0.39 is 0 Å². The second-order valence-corrected chi connectivity index (χ2v) is 5.77. The Morgan fingerprint density at radius 2 is 1.78 bits per heavy atom. The Balaban J connectivity index is 1.82. The zero-order chi connectivity index (χ0) is 13.0. The second-order valence-electron chi connectivity index (χ2n) is 5.77. The van der Waals surface area contributed by atoms with Gasteiger partial charge >= 0.3 is 0 Å². The Hall–Kier alpha value is -0.860. The Morgan fingerprint density at radius 1 is 1.17 bits per heavy atom. The first-order chi connectivity index (χ1) is 8.63. The summed E-state index contributed by atoms with van der Waals surface area (Å²) in [5.74, 6) is 0.699. The van der Waals surface area contributed by atoms with E-state index in [4.69, 9.17) is 4.74 Å². The molecule has 3 atom stereocenters. The Morgan fingerprint density at radius 3 is 2.39 bits per heavy atom. The molecule has 0 aromatic heterocycles. The number of benzene rings is 1. The van der Waals surface area contributed by atoms with Gasteiger partial charge in [-0.05, 0) is 31.7 Å². The number of morpholine rings is 1. The van der Waals surface area contributed by atoms with Crippen molar-refractivity contribution in [2.75, 3.05) is 19.6 Å². The summed E-state index contributed by atoms with van der Waals surface area (Å²) in [6.07, 6.45) is 1.91. The SMILES string of the molecule is CC(Cc1ccccc1)CN1C[C@@H](C)O[C@@H](C)C1. The van der Waals surface area contributed by atoms with Crippen LogP contribution in [0.15, 0.2) is 30.3 Å². The predicted molar refractivity (Wildman–Crippen MR) is 75.8 cm³/mol. The molecule has 1 unspecified atom stereocenters. The molecule has 0 radical (unpaired) electrons. The summed E-state index contributed by atoms with van der Waals surface area (Å²) in [7, 11) is 0. The molecule has 0 bridgehead atoms. The van der Waals surface area contributed by atoms with Crippen molar-refractivity contribution in [3.05, 3.63) is 35.9 Å². The lowest BCUT2D eigenvalue weighted by molar-refractivity contribution is -0.0708. The zero-order valence-electron chi connectivity index (χ0n) is 11.8. The van der Waals surface area contributed by atoms with Crippen molar-refractivity contribution in [2.24, 2.45) is 5.92 Å². The first-order valence-corrected chi connectivity index (χ1v) is 7.05. The highest BCUT2D eigenvalue weighted by molar-refractivity contribution is 5.15. The third kappa shape index (κ3) is 4.11. The maximum Gasteiger partial charge on any atom is 0.0678 e. The van der Waals surface area contributed by atoms with Crippen LogP contribution in [0, 0.1) is 5.92 Å². The average Bonchev–Trinajstić information content (AvgIpc) is 2.28. The van der Waals surface area contributed by atoms with Crippen LogP contribution in [-0.4, -0.2) is 36.7 Å². The Labute approximate surface area is 111 Å². The van der Waals surface area contributed by atoms with Crippen molar-refractivity contribution in [2.45, 2.75) is 39.4 Å². The van der Waals surface area contributed by atoms with Crippen molar-refractivity contribution in [3.63, 3.8) is 0 Å². The average molecular weight is 247 g/mol. The molecule has 0 aliphatic carbocycles. The number of nitrogens with zero attached hydrogens (tertiary/aromatic N) is 1. The van der Waals surface area contributed by atoms with E-state index in [-0.39, 0.29) is 0 Å². The molecule has 0 spiro atoms. The molecule has 1 aromatic carbocycles. The summed E-state index contributed by atoms with van der Waals surface area (Å²) < 4.78 is 5.77. The van der Waals surface area contributed by atoms with Crippen LogP contribution in [0.3, 0.4) is 0 Å². The first kappa shape index (κ1) is 13.6. The fourth-order valence-corrected chi connectivity index (χ4v) is 2.96. The molecule has 1 fully saturated rings. The van der Waals surface area contributed by atoms with E-state index in [1.54, 1.807) is 0 Å². The quantitative estimate of drug-likeness (QED) is 0.811. The van der Waals surface area contributed by atoms with Gasteiger partial charge in [0.2, 0.25) is 0 Å². The number of rotatable bonds is 4. The van der Waals surface area contributed by atoms with Crippen LogP contribution in [0.4, 0.5) is 0 Å². The summed E-state index contributed by atoms with van der Waals surface area (Å²) in [5, 5.41) is 0. The van der Waals surface area contributed by atoms with Crippen LogP contribution >= 0.6 is 0 Å². The molecule has 2 rings (SSSR count). The monoisotopic (exact) mass is 247 g/mol. The molecular weight excluding hydrogens is 222 g/mol. The van der Waals surface area contributed by atoms with Crippen LogP contribution in [0.1, 0.15) is 26.3 Å². The molecule has 0 amide bonds. The van der Waals surface area contributed by atoms with E-state index in [0.29, 0.717) is 18.1 Å². The van der Waals surface area contributed by atoms with Crippen LogP contribution in [0.2, 0.25) is 0 Å². The first-order valence-electron chi connectivity index (χ1n) is 7.05. The minimum atomic E-state index is 0.373. The number of hydrogen-bond acceptors (Lipinski definition) is 2. The highest BCUT2D eigenvalue weighted by Crippen LogP contribution is 2.15. The van der Waals surface area contributed by atoms with Crippen molar-refractivity contribution in [1.29, 1.82) is 0 Å². The molecule has 0 N–H and O–H groups in total. The van der Waals surface area contributed by atoms with Crippen LogP contribution < -0.4 is 0 Å². The van der Waals surface area contributed by atoms with Crippen LogP contribution in [0.25, 0.3) is 0 Å². The maximum absolute atomic E-state index is 5.77. The van der Waals surface area contributed by atoms with E-state index in [2.05, 4.69) is 56.0 Å². The van der Waals surface area contributed by atoms with Gasteiger partial charge in [0.25, 0.3) is 0 Å². The largest absolute Gasteiger partial charge is 0.373 e. The van der Waals surface area contributed by atoms with Crippen LogP contribution in [-0.2, 0) is 11.2 Å². The Bertz CT molecular complexity index is 341. The van der Waals surface area contributed by atoms with Gasteiger partial charge < -0.3 is 4.74 Å². The van der Waals surface area contributed by atoms with Gasteiger partial charge in [-0.1, -0.05) is 37.3 Å². The second kappa shape index (κ2) is 6.35. The van der Waals surface area contributed by atoms with Crippen molar-refractivity contribution >= 4 is 0 Å². The fourth-order valence-electron chi connectivity index (χ4n) is 2.96. The van der Waals surface area contributed by atoms with Gasteiger partial charge in [0, 0.05) is 19.6 Å². The van der Waals surface area contributed by atoms with E-state index in [1.165, 1.54) is 18.5 Å². The molecule has 2 heteroatoms. The topological polar surface area (TPSA) is 12.5 Å². The van der Waals surface area contributed by atoms with Crippen LogP contribution in [0.5, 0.6) is 0 Å². The zero-order valence-corrected chi connectivity index (χ0v) is 11.8. The summed E-state index contributed by atoms with van der Waals surface area (Å²) >= 11 is 0. The van der Waals surface area contributed by atoms with Gasteiger partial charge in [-0.25, -0.2) is 0 Å². The standard InChI is InChI=1S/C16H25NO/c1-13(9-16-7-5-4-6-8-16)10-17-11-14(2)18-15(3)12-17/h4-8,13-15H,9-12H2,1-3H3/t13?,14-,15+. The molecule has 1 aliphatic heterocycles.